The van der Waals surface area contributed by atoms with Gasteiger partial charge in [0.05, 0.1) is 11.4 Å². The number of halogens is 6. The predicted octanol–water partition coefficient (Wildman–Crippen LogP) is 5.47. The van der Waals surface area contributed by atoms with Crippen LogP contribution in [0.15, 0.2) is 24.3 Å². The zero-order valence-electron chi connectivity index (χ0n) is 15.8. The van der Waals surface area contributed by atoms with E-state index < -0.39 is 35.0 Å². The van der Waals surface area contributed by atoms with Gasteiger partial charge in [0.1, 0.15) is 0 Å². The summed E-state index contributed by atoms with van der Waals surface area (Å²) in [6.07, 6.45) is 0.484. The van der Waals surface area contributed by atoms with E-state index in [-0.39, 0.29) is 18.9 Å². The third-order valence-electron chi connectivity index (χ3n) is 4.07. The molecule has 2 aromatic rings. The lowest BCUT2D eigenvalue weighted by Crippen LogP contribution is -2.13. The minimum atomic E-state index is -1.76. The Balaban J connectivity index is 2.03. The maximum atomic E-state index is 13.6. The molecule has 0 saturated carbocycles. The smallest absolute Gasteiger partial charge is 0.311 e. The molecule has 2 rings (SSSR count). The first-order chi connectivity index (χ1) is 14.4. The van der Waals surface area contributed by atoms with E-state index in [1.54, 1.807) is 0 Å². The molecule has 0 amide bonds. The van der Waals surface area contributed by atoms with Crippen molar-refractivity contribution in [2.24, 2.45) is 0 Å². The Morgan fingerprint density at radius 3 is 2.23 bits per heavy atom. The normalized spacial score (nSPS) is 10.7. The van der Waals surface area contributed by atoms with Crippen LogP contribution in [0, 0.1) is 23.3 Å². The molecule has 0 heterocycles. The van der Waals surface area contributed by atoms with Gasteiger partial charge in [0.2, 0.25) is 17.4 Å². The van der Waals surface area contributed by atoms with Crippen molar-refractivity contribution in [3.05, 3.63) is 53.1 Å². The number of para-hydroxylation sites is 1. The molecule has 10 heteroatoms. The summed E-state index contributed by atoms with van der Waals surface area (Å²) in [5, 5.41) is 6.39. The molecule has 0 saturated heterocycles. The quantitative estimate of drug-likeness (QED) is 0.151. The van der Waals surface area contributed by atoms with E-state index in [0.29, 0.717) is 31.3 Å². The highest BCUT2D eigenvalue weighted by Crippen LogP contribution is 2.29. The number of hydrogen-bond acceptors (Lipinski definition) is 4. The third-order valence-corrected chi connectivity index (χ3v) is 4.45. The highest BCUT2D eigenvalue weighted by Gasteiger charge is 2.23. The lowest BCUT2D eigenvalue weighted by Gasteiger charge is -2.17. The molecule has 0 fully saturated rings. The number of nitrogens with one attached hydrogen (secondary N) is 2. The Labute approximate surface area is 181 Å². The Hall–Kier alpha value is -2.19. The molecular weight excluding hydrogens is 447 g/mol. The van der Waals surface area contributed by atoms with Crippen LogP contribution in [0.4, 0.5) is 28.9 Å². The SMILES string of the molecule is O=C(CCCc1cccc(NCCCl)c1NCCCl)Oc1c(F)c(F)cc(F)c1F. The zero-order valence-corrected chi connectivity index (χ0v) is 17.4. The second-order valence-electron chi connectivity index (χ2n) is 6.20. The highest BCUT2D eigenvalue weighted by molar-refractivity contribution is 6.18. The molecule has 30 heavy (non-hydrogen) atoms. The van der Waals surface area contributed by atoms with Crippen molar-refractivity contribution in [3.8, 4) is 5.75 Å². The van der Waals surface area contributed by atoms with E-state index in [1.807, 2.05) is 18.2 Å². The second kappa shape index (κ2) is 11.9. The maximum absolute atomic E-state index is 13.6. The number of aryl methyl sites for hydroxylation is 1. The van der Waals surface area contributed by atoms with Crippen LogP contribution < -0.4 is 15.4 Å². The molecule has 0 radical (unpaired) electrons. The summed E-state index contributed by atoms with van der Waals surface area (Å²) in [5.41, 5.74) is 2.50. The van der Waals surface area contributed by atoms with Gasteiger partial charge in [-0.25, -0.2) is 8.78 Å². The topological polar surface area (TPSA) is 50.4 Å². The number of carbonyl (C=O) groups excluding carboxylic acids is 1. The molecule has 0 aliphatic carbocycles. The average molecular weight is 467 g/mol. The number of rotatable bonds is 11. The first-order valence-electron chi connectivity index (χ1n) is 9.14. The summed E-state index contributed by atoms with van der Waals surface area (Å²) >= 11 is 11.5. The number of anilines is 2. The molecule has 2 N–H and O–H groups in total. The number of carbonyl (C=O) groups is 1. The van der Waals surface area contributed by atoms with Gasteiger partial charge < -0.3 is 15.4 Å². The summed E-state index contributed by atoms with van der Waals surface area (Å²) in [6, 6.07) is 5.60. The number of esters is 1. The molecule has 0 aromatic heterocycles. The van der Waals surface area contributed by atoms with Crippen molar-refractivity contribution in [1.29, 1.82) is 0 Å². The lowest BCUT2D eigenvalue weighted by atomic mass is 10.0. The van der Waals surface area contributed by atoms with Crippen LogP contribution in [0.2, 0.25) is 0 Å². The van der Waals surface area contributed by atoms with Gasteiger partial charge in [-0.05, 0) is 24.5 Å². The number of benzene rings is 2. The van der Waals surface area contributed by atoms with Gasteiger partial charge in [0.25, 0.3) is 0 Å². The fourth-order valence-corrected chi connectivity index (χ4v) is 2.94. The summed E-state index contributed by atoms with van der Waals surface area (Å²) in [6.45, 7) is 1.06. The molecule has 0 unspecified atom stereocenters. The van der Waals surface area contributed by atoms with Crippen LogP contribution in [0.25, 0.3) is 0 Å². The Kier molecular flexibility index (Phi) is 9.52. The van der Waals surface area contributed by atoms with Crippen molar-refractivity contribution < 1.29 is 27.1 Å². The van der Waals surface area contributed by atoms with Crippen LogP contribution >= 0.6 is 23.2 Å². The number of hydrogen-bond donors (Lipinski definition) is 2. The van der Waals surface area contributed by atoms with Gasteiger partial charge in [0.15, 0.2) is 11.6 Å². The summed E-state index contributed by atoms with van der Waals surface area (Å²) in [5.74, 6) is -8.39. The van der Waals surface area contributed by atoms with Gasteiger partial charge in [-0.2, -0.15) is 8.78 Å². The summed E-state index contributed by atoms with van der Waals surface area (Å²) in [4.78, 5) is 11.9. The van der Waals surface area contributed by atoms with E-state index >= 15 is 0 Å². The summed E-state index contributed by atoms with van der Waals surface area (Å²) < 4.78 is 58.2. The summed E-state index contributed by atoms with van der Waals surface area (Å²) in [7, 11) is 0. The van der Waals surface area contributed by atoms with Crippen LogP contribution in [0.3, 0.4) is 0 Å². The minimum Gasteiger partial charge on any atom is -0.420 e. The van der Waals surface area contributed by atoms with Crippen LogP contribution in [-0.2, 0) is 11.2 Å². The van der Waals surface area contributed by atoms with Crippen LogP contribution in [0.5, 0.6) is 5.75 Å². The predicted molar refractivity (Wildman–Crippen MR) is 110 cm³/mol. The zero-order chi connectivity index (χ0) is 22.1. The molecule has 0 aliphatic rings. The van der Waals surface area contributed by atoms with E-state index in [2.05, 4.69) is 15.4 Å². The van der Waals surface area contributed by atoms with Crippen molar-refractivity contribution in [2.75, 3.05) is 35.5 Å². The van der Waals surface area contributed by atoms with E-state index in [9.17, 15) is 22.4 Å². The standard InChI is InChI=1S/C20H20Cl2F4N2O2/c21-7-9-27-15-5-1-3-12(19(15)28-10-8-22)4-2-6-16(29)30-20-17(25)13(23)11-14(24)18(20)26/h1,3,5,11,27-28H,2,4,6-10H2. The van der Waals surface area contributed by atoms with E-state index in [4.69, 9.17) is 23.2 Å². The molecular formula is C20H20Cl2F4N2O2. The largest absolute Gasteiger partial charge is 0.420 e. The first kappa shape index (κ1) is 24.1. The Bertz CT molecular complexity index is 858. The minimum absolute atomic E-state index is 0.0443. The lowest BCUT2D eigenvalue weighted by molar-refractivity contribution is -0.134. The highest BCUT2D eigenvalue weighted by atomic mass is 35.5. The monoisotopic (exact) mass is 466 g/mol. The van der Waals surface area contributed by atoms with E-state index in [0.717, 1.165) is 16.9 Å². The van der Waals surface area contributed by atoms with E-state index in [1.165, 1.54) is 0 Å². The molecule has 0 atom stereocenters. The Morgan fingerprint density at radius 1 is 0.967 bits per heavy atom. The fraction of sp³-hybridized carbons (Fsp3) is 0.350. The van der Waals surface area contributed by atoms with Crippen LogP contribution in [0.1, 0.15) is 18.4 Å². The molecule has 164 valence electrons. The fourth-order valence-electron chi connectivity index (χ4n) is 2.75. The Morgan fingerprint density at radius 2 is 1.60 bits per heavy atom. The molecule has 0 aliphatic heterocycles. The second-order valence-corrected chi connectivity index (χ2v) is 6.95. The van der Waals surface area contributed by atoms with Gasteiger partial charge >= 0.3 is 5.97 Å². The van der Waals surface area contributed by atoms with Crippen molar-refractivity contribution in [2.45, 2.75) is 19.3 Å². The van der Waals surface area contributed by atoms with Crippen LogP contribution in [-0.4, -0.2) is 30.8 Å². The third kappa shape index (κ3) is 6.40. The molecule has 0 spiro atoms. The maximum Gasteiger partial charge on any atom is 0.311 e. The van der Waals surface area contributed by atoms with Gasteiger partial charge in [-0.1, -0.05) is 12.1 Å². The van der Waals surface area contributed by atoms with Crippen molar-refractivity contribution in [3.63, 3.8) is 0 Å². The number of ether oxygens (including phenoxy) is 1. The average Bonchev–Trinajstić information content (AvgIpc) is 2.73. The van der Waals surface area contributed by atoms with Gasteiger partial charge in [-0.15, -0.1) is 23.2 Å². The van der Waals surface area contributed by atoms with Crippen molar-refractivity contribution >= 4 is 40.5 Å². The van der Waals surface area contributed by atoms with Gasteiger partial charge in [0, 0.05) is 37.3 Å². The molecule has 4 nitrogen and oxygen atoms in total. The first-order valence-corrected chi connectivity index (χ1v) is 10.2. The van der Waals surface area contributed by atoms with Gasteiger partial charge in [-0.3, -0.25) is 4.79 Å². The molecule has 2 aromatic carbocycles. The number of alkyl halides is 2. The van der Waals surface area contributed by atoms with Crippen molar-refractivity contribution in [1.82, 2.24) is 0 Å². The molecule has 0 bridgehead atoms.